The normalized spacial score (nSPS) is 34.2. The Labute approximate surface area is 68.2 Å². The van der Waals surface area contributed by atoms with Crippen molar-refractivity contribution in [3.8, 4) is 0 Å². The Bertz CT molecular complexity index is 93.3. The van der Waals surface area contributed by atoms with Crippen LogP contribution in [0.25, 0.3) is 0 Å². The molecule has 0 bridgehead atoms. The van der Waals surface area contributed by atoms with E-state index >= 15 is 0 Å². The summed E-state index contributed by atoms with van der Waals surface area (Å²) in [5, 5.41) is 8.99. The highest BCUT2D eigenvalue weighted by molar-refractivity contribution is 7.80. The predicted molar refractivity (Wildman–Crippen MR) is 44.5 cm³/mol. The molecule has 2 heteroatoms. The number of aliphatic hydroxyl groups is 1. The van der Waals surface area contributed by atoms with Crippen molar-refractivity contribution in [2.45, 2.75) is 37.4 Å². The van der Waals surface area contributed by atoms with Crippen LogP contribution in [0, 0.1) is 12.5 Å². The van der Waals surface area contributed by atoms with E-state index in [-0.39, 0.29) is 0 Å². The molecule has 0 saturated heterocycles. The molecule has 2 atom stereocenters. The Morgan fingerprint density at radius 3 is 2.90 bits per heavy atom. The fraction of sp³-hybridized carbons (Fsp3) is 0.875. The monoisotopic (exact) mass is 158 g/mol. The van der Waals surface area contributed by atoms with Gasteiger partial charge in [0.05, 0.1) is 0 Å². The van der Waals surface area contributed by atoms with Crippen LogP contribution >= 0.6 is 12.6 Å². The molecule has 0 amide bonds. The summed E-state index contributed by atoms with van der Waals surface area (Å²) < 4.78 is 0. The van der Waals surface area contributed by atoms with Gasteiger partial charge in [0.2, 0.25) is 0 Å². The molecule has 1 saturated carbocycles. The molecule has 2 unspecified atom stereocenters. The summed E-state index contributed by atoms with van der Waals surface area (Å²) in [5.74, 6) is 0.640. The van der Waals surface area contributed by atoms with Gasteiger partial charge >= 0.3 is 0 Å². The van der Waals surface area contributed by atoms with E-state index in [0.717, 1.165) is 12.8 Å². The fourth-order valence-electron chi connectivity index (χ4n) is 1.58. The molecule has 58 valence electrons. The minimum absolute atomic E-state index is 0.562. The lowest BCUT2D eigenvalue weighted by Gasteiger charge is -2.24. The van der Waals surface area contributed by atoms with Crippen molar-refractivity contribution in [1.29, 1.82) is 0 Å². The van der Waals surface area contributed by atoms with Gasteiger partial charge in [0, 0.05) is 5.25 Å². The topological polar surface area (TPSA) is 20.2 Å². The number of hydrogen-bond donors (Lipinski definition) is 2. The van der Waals surface area contributed by atoms with E-state index < -0.39 is 0 Å². The fourth-order valence-corrected chi connectivity index (χ4v) is 2.06. The number of thiol groups is 1. The van der Waals surface area contributed by atoms with Crippen LogP contribution in [0.1, 0.15) is 32.1 Å². The first kappa shape index (κ1) is 8.41. The first-order valence-electron chi connectivity index (χ1n) is 3.88. The van der Waals surface area contributed by atoms with Crippen LogP contribution in [0.3, 0.4) is 0 Å². The van der Waals surface area contributed by atoms with Crippen LogP contribution in [0.2, 0.25) is 0 Å². The zero-order valence-corrected chi connectivity index (χ0v) is 6.98. The first-order chi connectivity index (χ1) is 4.83. The van der Waals surface area contributed by atoms with E-state index in [0.29, 0.717) is 11.2 Å². The van der Waals surface area contributed by atoms with Gasteiger partial charge in [0.1, 0.15) is 6.61 Å². The zero-order valence-electron chi connectivity index (χ0n) is 6.08. The molecule has 1 aliphatic rings. The van der Waals surface area contributed by atoms with Gasteiger partial charge in [-0.25, -0.2) is 0 Å². The van der Waals surface area contributed by atoms with Crippen LogP contribution in [-0.2, 0) is 0 Å². The van der Waals surface area contributed by atoms with E-state index in [9.17, 15) is 0 Å². The number of aliphatic hydroxyl groups excluding tert-OH is 1. The molecule has 10 heavy (non-hydrogen) atoms. The minimum atomic E-state index is 0.562. The van der Waals surface area contributed by atoms with Gasteiger partial charge in [-0.1, -0.05) is 12.8 Å². The Kier molecular flexibility index (Phi) is 3.57. The maximum atomic E-state index is 8.43. The lowest BCUT2D eigenvalue weighted by atomic mass is 9.87. The molecule has 1 rings (SSSR count). The molecule has 1 fully saturated rings. The molecular formula is C8H14OS. The number of hydrogen-bond acceptors (Lipinski definition) is 2. The van der Waals surface area contributed by atoms with E-state index in [2.05, 4.69) is 19.2 Å². The Morgan fingerprint density at radius 2 is 2.30 bits per heavy atom. The summed E-state index contributed by atoms with van der Waals surface area (Å²) in [6.07, 6.45) is 5.63. The third kappa shape index (κ3) is 2.51. The summed E-state index contributed by atoms with van der Waals surface area (Å²) in [5.41, 5.74) is 0. The quantitative estimate of drug-likeness (QED) is 0.591. The minimum Gasteiger partial charge on any atom is -0.384 e. The Hall–Kier alpha value is 0.310. The Balaban J connectivity index is 2.18. The van der Waals surface area contributed by atoms with Crippen molar-refractivity contribution in [3.05, 3.63) is 6.61 Å². The summed E-state index contributed by atoms with van der Waals surface area (Å²) in [6, 6.07) is 0. The third-order valence-corrected chi connectivity index (χ3v) is 2.60. The molecular weight excluding hydrogens is 144 g/mol. The van der Waals surface area contributed by atoms with Crippen LogP contribution < -0.4 is 0 Å². The Morgan fingerprint density at radius 1 is 1.50 bits per heavy atom. The molecule has 0 aliphatic heterocycles. The van der Waals surface area contributed by atoms with Crippen LogP contribution in [0.15, 0.2) is 0 Å². The molecule has 1 nitrogen and oxygen atoms in total. The molecule has 1 aliphatic carbocycles. The van der Waals surface area contributed by atoms with Crippen molar-refractivity contribution >= 4 is 12.6 Å². The van der Waals surface area contributed by atoms with Gasteiger partial charge < -0.3 is 5.11 Å². The van der Waals surface area contributed by atoms with E-state index in [1.807, 2.05) is 0 Å². The summed E-state index contributed by atoms with van der Waals surface area (Å²) in [4.78, 5) is 0. The van der Waals surface area contributed by atoms with Crippen LogP contribution in [0.4, 0.5) is 0 Å². The first-order valence-corrected chi connectivity index (χ1v) is 4.39. The van der Waals surface area contributed by atoms with Crippen LogP contribution in [-0.4, -0.2) is 10.4 Å². The predicted octanol–water partition coefficient (Wildman–Crippen LogP) is 2.28. The van der Waals surface area contributed by atoms with Crippen molar-refractivity contribution in [1.82, 2.24) is 0 Å². The second kappa shape index (κ2) is 4.24. The van der Waals surface area contributed by atoms with Crippen molar-refractivity contribution in [3.63, 3.8) is 0 Å². The van der Waals surface area contributed by atoms with Gasteiger partial charge in [-0.3, -0.25) is 0 Å². The number of rotatable bonds is 2. The molecule has 0 spiro atoms. The van der Waals surface area contributed by atoms with Gasteiger partial charge in [0.15, 0.2) is 0 Å². The highest BCUT2D eigenvalue weighted by Crippen LogP contribution is 2.29. The van der Waals surface area contributed by atoms with Gasteiger partial charge in [0.25, 0.3) is 0 Å². The van der Waals surface area contributed by atoms with Crippen molar-refractivity contribution in [2.24, 2.45) is 5.92 Å². The SMILES string of the molecule is O[C]CC1CCCC(S)C1. The average molecular weight is 158 g/mol. The summed E-state index contributed by atoms with van der Waals surface area (Å²) in [7, 11) is 0. The summed E-state index contributed by atoms with van der Waals surface area (Å²) in [6.45, 7) is 2.22. The largest absolute Gasteiger partial charge is 0.384 e. The lowest BCUT2D eigenvalue weighted by Crippen LogP contribution is -2.15. The second-order valence-electron chi connectivity index (χ2n) is 3.05. The lowest BCUT2D eigenvalue weighted by molar-refractivity contribution is 0.293. The smallest absolute Gasteiger partial charge is 0.128 e. The van der Waals surface area contributed by atoms with Gasteiger partial charge in [-0.15, -0.1) is 0 Å². The molecule has 0 aromatic heterocycles. The maximum Gasteiger partial charge on any atom is 0.128 e. The maximum absolute atomic E-state index is 8.43. The van der Waals surface area contributed by atoms with Crippen molar-refractivity contribution < 1.29 is 5.11 Å². The molecule has 1 N–H and O–H groups in total. The average Bonchev–Trinajstić information content (AvgIpc) is 1.88. The standard InChI is InChI=1S/C8H14OS/c9-5-4-7-2-1-3-8(10)6-7/h7-10H,1-4,6H2. The van der Waals surface area contributed by atoms with Gasteiger partial charge in [-0.2, -0.15) is 12.6 Å². The highest BCUT2D eigenvalue weighted by Gasteiger charge is 2.18. The third-order valence-electron chi connectivity index (χ3n) is 2.14. The highest BCUT2D eigenvalue weighted by atomic mass is 32.1. The van der Waals surface area contributed by atoms with Gasteiger partial charge in [-0.05, 0) is 25.2 Å². The molecule has 0 aromatic carbocycles. The van der Waals surface area contributed by atoms with E-state index in [1.165, 1.54) is 19.3 Å². The molecule has 0 heterocycles. The van der Waals surface area contributed by atoms with E-state index in [4.69, 9.17) is 5.11 Å². The van der Waals surface area contributed by atoms with Crippen LogP contribution in [0.5, 0.6) is 0 Å². The van der Waals surface area contributed by atoms with Crippen molar-refractivity contribution in [2.75, 3.05) is 0 Å². The second-order valence-corrected chi connectivity index (χ2v) is 3.78. The molecule has 2 radical (unpaired) electrons. The zero-order chi connectivity index (χ0) is 7.40. The molecule has 0 aromatic rings. The summed E-state index contributed by atoms with van der Waals surface area (Å²) >= 11 is 4.40. The van der Waals surface area contributed by atoms with E-state index in [1.54, 1.807) is 0 Å².